The van der Waals surface area contributed by atoms with Crippen molar-refractivity contribution in [3.8, 4) is 0 Å². The Morgan fingerprint density at radius 3 is 2.75 bits per heavy atom. The molecule has 108 valence electrons. The first-order chi connectivity index (χ1) is 9.45. The number of anilines is 1. The zero-order valence-corrected chi connectivity index (χ0v) is 12.5. The molecule has 0 saturated carbocycles. The van der Waals surface area contributed by atoms with Crippen LogP contribution in [0.4, 0.5) is 10.1 Å². The summed E-state index contributed by atoms with van der Waals surface area (Å²) in [6, 6.07) is 4.84. The molecule has 0 radical (unpaired) electrons. The van der Waals surface area contributed by atoms with E-state index < -0.39 is 17.9 Å². The number of allylic oxidation sites excluding steroid dienone is 2. The summed E-state index contributed by atoms with van der Waals surface area (Å²) in [6.07, 6.45) is 0.747. The molecule has 0 bridgehead atoms. The minimum Gasteiger partial charge on any atom is -0.355 e. The maximum absolute atomic E-state index is 13.1. The van der Waals surface area contributed by atoms with E-state index in [2.05, 4.69) is 10.3 Å². The number of hydrogen-bond acceptors (Lipinski definition) is 3. The van der Waals surface area contributed by atoms with Gasteiger partial charge < -0.3 is 10.4 Å². The molecule has 3 unspecified atom stereocenters. The van der Waals surface area contributed by atoms with Crippen LogP contribution in [-0.4, -0.2) is 28.7 Å². The lowest BCUT2D eigenvalue weighted by Crippen LogP contribution is -2.25. The Labute approximate surface area is 131 Å². The molecule has 0 amide bonds. The summed E-state index contributed by atoms with van der Waals surface area (Å²) in [7, 11) is 0. The minimum absolute atomic E-state index is 0.263. The SMILES string of the molecule is OC(N=C1C=CC(F)C(Cl)C1)Nc1ccc(Cl)c(Cl)c1. The van der Waals surface area contributed by atoms with Crippen molar-refractivity contribution in [2.45, 2.75) is 24.3 Å². The van der Waals surface area contributed by atoms with Crippen LogP contribution >= 0.6 is 34.8 Å². The number of nitrogens with zero attached hydrogens (tertiary/aromatic N) is 1. The molecule has 7 heteroatoms. The average Bonchev–Trinajstić information content (AvgIpc) is 2.38. The van der Waals surface area contributed by atoms with Gasteiger partial charge in [-0.25, -0.2) is 9.38 Å². The van der Waals surface area contributed by atoms with Crippen molar-refractivity contribution < 1.29 is 9.50 Å². The molecule has 2 N–H and O–H groups in total. The van der Waals surface area contributed by atoms with E-state index in [0.717, 1.165) is 0 Å². The van der Waals surface area contributed by atoms with E-state index in [1.165, 1.54) is 12.2 Å². The fraction of sp³-hybridized carbons (Fsp3) is 0.308. The molecule has 1 aliphatic rings. The highest BCUT2D eigenvalue weighted by Crippen LogP contribution is 2.25. The maximum atomic E-state index is 13.1. The van der Waals surface area contributed by atoms with Crippen LogP contribution in [-0.2, 0) is 0 Å². The normalized spacial score (nSPS) is 25.8. The highest BCUT2D eigenvalue weighted by Gasteiger charge is 2.22. The smallest absolute Gasteiger partial charge is 0.223 e. The van der Waals surface area contributed by atoms with Gasteiger partial charge in [0.1, 0.15) is 6.17 Å². The van der Waals surface area contributed by atoms with E-state index in [0.29, 0.717) is 21.4 Å². The summed E-state index contributed by atoms with van der Waals surface area (Å²) in [6.45, 7) is 0. The lowest BCUT2D eigenvalue weighted by Gasteiger charge is -2.18. The van der Waals surface area contributed by atoms with Gasteiger partial charge in [-0.2, -0.15) is 0 Å². The molecule has 0 saturated heterocycles. The van der Waals surface area contributed by atoms with Crippen molar-refractivity contribution in [2.75, 3.05) is 5.32 Å². The molecular weight excluding hydrogens is 326 g/mol. The minimum atomic E-state index is -1.18. The molecule has 1 aromatic carbocycles. The number of hydrogen-bond donors (Lipinski definition) is 2. The zero-order chi connectivity index (χ0) is 14.7. The van der Waals surface area contributed by atoms with E-state index in [1.807, 2.05) is 0 Å². The Morgan fingerprint density at radius 2 is 2.10 bits per heavy atom. The summed E-state index contributed by atoms with van der Waals surface area (Å²) in [5.74, 6) is 0. The van der Waals surface area contributed by atoms with Crippen molar-refractivity contribution in [1.29, 1.82) is 0 Å². The van der Waals surface area contributed by atoms with Crippen LogP contribution in [0.3, 0.4) is 0 Å². The number of rotatable bonds is 3. The highest BCUT2D eigenvalue weighted by atomic mass is 35.5. The lowest BCUT2D eigenvalue weighted by atomic mass is 10.0. The van der Waals surface area contributed by atoms with Gasteiger partial charge in [0.2, 0.25) is 6.35 Å². The molecule has 0 fully saturated rings. The molecule has 20 heavy (non-hydrogen) atoms. The van der Waals surface area contributed by atoms with Crippen molar-refractivity contribution in [2.24, 2.45) is 4.99 Å². The number of aliphatic hydroxyl groups is 1. The van der Waals surface area contributed by atoms with Crippen molar-refractivity contribution in [3.63, 3.8) is 0 Å². The van der Waals surface area contributed by atoms with Crippen LogP contribution < -0.4 is 5.32 Å². The summed E-state index contributed by atoms with van der Waals surface area (Å²) < 4.78 is 13.1. The fourth-order valence-electron chi connectivity index (χ4n) is 1.72. The fourth-order valence-corrected chi connectivity index (χ4v) is 2.26. The van der Waals surface area contributed by atoms with E-state index in [1.54, 1.807) is 18.2 Å². The van der Waals surface area contributed by atoms with Gasteiger partial charge in [0.15, 0.2) is 0 Å². The number of alkyl halides is 2. The Hall–Kier alpha value is -0.810. The lowest BCUT2D eigenvalue weighted by molar-refractivity contribution is 0.214. The number of benzene rings is 1. The Kier molecular flexibility index (Phi) is 5.27. The second kappa shape index (κ2) is 6.76. The van der Waals surface area contributed by atoms with Crippen molar-refractivity contribution >= 4 is 46.2 Å². The third kappa shape index (κ3) is 4.09. The summed E-state index contributed by atoms with van der Waals surface area (Å²) in [4.78, 5) is 4.02. The van der Waals surface area contributed by atoms with E-state index in [9.17, 15) is 9.50 Å². The van der Waals surface area contributed by atoms with Gasteiger partial charge in [-0.15, -0.1) is 11.6 Å². The summed E-state index contributed by atoms with van der Waals surface area (Å²) in [5.41, 5.74) is 1.10. The molecule has 0 spiro atoms. The quantitative estimate of drug-likeness (QED) is 0.646. The molecule has 0 aromatic heterocycles. The van der Waals surface area contributed by atoms with Gasteiger partial charge in [0.05, 0.1) is 15.4 Å². The van der Waals surface area contributed by atoms with Gasteiger partial charge in [-0.05, 0) is 30.4 Å². The Balaban J connectivity index is 2.03. The predicted molar refractivity (Wildman–Crippen MR) is 81.8 cm³/mol. The monoisotopic (exact) mass is 336 g/mol. The second-order valence-electron chi connectivity index (χ2n) is 4.29. The molecular formula is C13H12Cl3FN2O. The van der Waals surface area contributed by atoms with Gasteiger partial charge >= 0.3 is 0 Å². The van der Waals surface area contributed by atoms with Crippen LogP contribution in [0, 0.1) is 0 Å². The van der Waals surface area contributed by atoms with Crippen molar-refractivity contribution in [3.05, 3.63) is 40.4 Å². The Morgan fingerprint density at radius 1 is 1.35 bits per heavy atom. The third-order valence-corrected chi connectivity index (χ3v) is 3.86. The molecule has 0 aliphatic heterocycles. The van der Waals surface area contributed by atoms with Gasteiger partial charge in [0.25, 0.3) is 0 Å². The zero-order valence-electron chi connectivity index (χ0n) is 10.2. The molecule has 0 heterocycles. The van der Waals surface area contributed by atoms with E-state index in [-0.39, 0.29) is 6.42 Å². The average molecular weight is 338 g/mol. The standard InChI is InChI=1S/C13H12Cl3FN2O/c14-9-3-1-7(5-10(9)15)18-13(20)19-8-2-4-12(17)11(16)6-8/h1-5,11-13,18,20H,6H2. The van der Waals surface area contributed by atoms with Gasteiger partial charge in [-0.3, -0.25) is 0 Å². The molecule has 1 aromatic rings. The van der Waals surface area contributed by atoms with Crippen LogP contribution in [0.2, 0.25) is 10.0 Å². The first-order valence-electron chi connectivity index (χ1n) is 5.88. The number of aliphatic imine (C=N–C) groups is 1. The van der Waals surface area contributed by atoms with Crippen LogP contribution in [0.15, 0.2) is 35.3 Å². The second-order valence-corrected chi connectivity index (χ2v) is 5.67. The topological polar surface area (TPSA) is 44.6 Å². The molecule has 1 aliphatic carbocycles. The number of aliphatic hydroxyl groups excluding tert-OH is 1. The Bertz CT molecular complexity index is 550. The number of halogens is 4. The van der Waals surface area contributed by atoms with Gasteiger partial charge in [0, 0.05) is 17.8 Å². The first kappa shape index (κ1) is 15.6. The van der Waals surface area contributed by atoms with E-state index in [4.69, 9.17) is 34.8 Å². The maximum Gasteiger partial charge on any atom is 0.223 e. The van der Waals surface area contributed by atoms with Crippen molar-refractivity contribution in [1.82, 2.24) is 0 Å². The summed E-state index contributed by atoms with van der Waals surface area (Å²) in [5, 5.41) is 12.7. The van der Waals surface area contributed by atoms with Gasteiger partial charge in [-0.1, -0.05) is 23.2 Å². The largest absolute Gasteiger partial charge is 0.355 e. The first-order valence-corrected chi connectivity index (χ1v) is 7.07. The predicted octanol–water partition coefficient (Wildman–Crippen LogP) is 4.03. The molecule has 3 atom stereocenters. The molecule has 2 rings (SSSR count). The van der Waals surface area contributed by atoms with Crippen LogP contribution in [0.25, 0.3) is 0 Å². The summed E-state index contributed by atoms with van der Waals surface area (Å²) >= 11 is 17.5. The third-order valence-electron chi connectivity index (χ3n) is 2.73. The van der Waals surface area contributed by atoms with E-state index >= 15 is 0 Å². The van der Waals surface area contributed by atoms with Crippen LogP contribution in [0.5, 0.6) is 0 Å². The highest BCUT2D eigenvalue weighted by molar-refractivity contribution is 6.42. The van der Waals surface area contributed by atoms with Crippen LogP contribution in [0.1, 0.15) is 6.42 Å². The molecule has 3 nitrogen and oxygen atoms in total. The number of nitrogens with one attached hydrogen (secondary N) is 1.